The van der Waals surface area contributed by atoms with Crippen LogP contribution in [0.5, 0.6) is 0 Å². The van der Waals surface area contributed by atoms with Crippen molar-refractivity contribution < 1.29 is 9.53 Å². The standard InChI is InChI=1S/C14H20N2O2/c1-14(2,3)18-13(17)16-11-6-4-5-10(9-11)12-7-8-15-12/h4-6,9,12,15H,7-8H2,1-3H3,(H,16,17). The fourth-order valence-electron chi connectivity index (χ4n) is 1.83. The first-order valence-corrected chi connectivity index (χ1v) is 6.27. The van der Waals surface area contributed by atoms with Gasteiger partial charge in [-0.3, -0.25) is 5.32 Å². The Labute approximate surface area is 108 Å². The molecule has 4 nitrogen and oxygen atoms in total. The molecule has 1 amide bonds. The average Bonchev–Trinajstić information content (AvgIpc) is 2.11. The van der Waals surface area contributed by atoms with Gasteiger partial charge in [0.15, 0.2) is 0 Å². The summed E-state index contributed by atoms with van der Waals surface area (Å²) in [4.78, 5) is 11.6. The third-order valence-electron chi connectivity index (χ3n) is 2.76. The normalized spacial score (nSPS) is 18.9. The zero-order chi connectivity index (χ0) is 13.2. The SMILES string of the molecule is CC(C)(C)OC(=O)Nc1cccc(C2CCN2)c1. The summed E-state index contributed by atoms with van der Waals surface area (Å²) in [5.41, 5.74) is 1.50. The van der Waals surface area contributed by atoms with Gasteiger partial charge in [0, 0.05) is 11.7 Å². The maximum atomic E-state index is 11.6. The minimum absolute atomic E-state index is 0.416. The summed E-state index contributed by atoms with van der Waals surface area (Å²) < 4.78 is 5.22. The van der Waals surface area contributed by atoms with Gasteiger partial charge in [0.25, 0.3) is 0 Å². The summed E-state index contributed by atoms with van der Waals surface area (Å²) in [5.74, 6) is 0. The summed E-state index contributed by atoms with van der Waals surface area (Å²) >= 11 is 0. The molecule has 98 valence electrons. The van der Waals surface area contributed by atoms with Gasteiger partial charge >= 0.3 is 6.09 Å². The molecule has 1 aliphatic rings. The second-order valence-corrected chi connectivity index (χ2v) is 5.55. The van der Waals surface area contributed by atoms with Crippen molar-refractivity contribution >= 4 is 11.8 Å². The number of hydrogen-bond acceptors (Lipinski definition) is 3. The van der Waals surface area contributed by atoms with E-state index in [0.29, 0.717) is 6.04 Å². The van der Waals surface area contributed by atoms with Crippen molar-refractivity contribution in [2.24, 2.45) is 0 Å². The molecule has 1 saturated heterocycles. The van der Waals surface area contributed by atoms with Gasteiger partial charge in [-0.2, -0.15) is 0 Å². The van der Waals surface area contributed by atoms with E-state index >= 15 is 0 Å². The molecule has 2 rings (SSSR count). The lowest BCUT2D eigenvalue weighted by molar-refractivity contribution is 0.0636. The van der Waals surface area contributed by atoms with E-state index in [1.54, 1.807) is 0 Å². The first-order valence-electron chi connectivity index (χ1n) is 6.27. The van der Waals surface area contributed by atoms with E-state index < -0.39 is 11.7 Å². The van der Waals surface area contributed by atoms with Crippen molar-refractivity contribution in [3.8, 4) is 0 Å². The zero-order valence-corrected chi connectivity index (χ0v) is 11.1. The van der Waals surface area contributed by atoms with Crippen molar-refractivity contribution in [3.63, 3.8) is 0 Å². The number of nitrogens with one attached hydrogen (secondary N) is 2. The molecule has 1 aliphatic heterocycles. The highest BCUT2D eigenvalue weighted by Crippen LogP contribution is 2.25. The molecule has 0 spiro atoms. The van der Waals surface area contributed by atoms with Crippen LogP contribution in [0.3, 0.4) is 0 Å². The highest BCUT2D eigenvalue weighted by Gasteiger charge is 2.19. The number of hydrogen-bond donors (Lipinski definition) is 2. The monoisotopic (exact) mass is 248 g/mol. The van der Waals surface area contributed by atoms with Crippen LogP contribution in [0.15, 0.2) is 24.3 Å². The molecule has 1 heterocycles. The fourth-order valence-corrected chi connectivity index (χ4v) is 1.83. The number of carbonyl (C=O) groups is 1. The van der Waals surface area contributed by atoms with Crippen LogP contribution in [-0.2, 0) is 4.74 Å². The van der Waals surface area contributed by atoms with E-state index in [1.165, 1.54) is 5.56 Å². The molecule has 1 fully saturated rings. The molecule has 18 heavy (non-hydrogen) atoms. The summed E-state index contributed by atoms with van der Waals surface area (Å²) in [6, 6.07) is 8.29. The highest BCUT2D eigenvalue weighted by molar-refractivity contribution is 5.84. The van der Waals surface area contributed by atoms with Crippen LogP contribution in [0.4, 0.5) is 10.5 Å². The quantitative estimate of drug-likeness (QED) is 0.845. The summed E-state index contributed by atoms with van der Waals surface area (Å²) in [6.45, 7) is 6.61. The van der Waals surface area contributed by atoms with E-state index in [0.717, 1.165) is 18.7 Å². The molecule has 0 aliphatic carbocycles. The van der Waals surface area contributed by atoms with Gasteiger partial charge in [0.2, 0.25) is 0 Å². The van der Waals surface area contributed by atoms with Crippen LogP contribution in [0, 0.1) is 0 Å². The Hall–Kier alpha value is -1.55. The molecule has 0 saturated carbocycles. The fraction of sp³-hybridized carbons (Fsp3) is 0.500. The second kappa shape index (κ2) is 4.98. The third kappa shape index (κ3) is 3.47. The maximum absolute atomic E-state index is 11.6. The zero-order valence-electron chi connectivity index (χ0n) is 11.1. The van der Waals surface area contributed by atoms with Gasteiger partial charge < -0.3 is 10.1 Å². The molecule has 4 heteroatoms. The Balaban J connectivity index is 1.98. The van der Waals surface area contributed by atoms with Crippen molar-refractivity contribution in [2.45, 2.75) is 38.8 Å². The number of anilines is 1. The van der Waals surface area contributed by atoms with E-state index in [4.69, 9.17) is 4.74 Å². The minimum atomic E-state index is -0.475. The predicted molar refractivity (Wildman–Crippen MR) is 71.7 cm³/mol. The molecule has 1 aromatic rings. The molecule has 0 aromatic heterocycles. The minimum Gasteiger partial charge on any atom is -0.444 e. The van der Waals surface area contributed by atoms with E-state index in [1.807, 2.05) is 39.0 Å². The Morgan fingerprint density at radius 3 is 2.72 bits per heavy atom. The summed E-state index contributed by atoms with van der Waals surface area (Å²) in [5, 5.41) is 6.09. The smallest absolute Gasteiger partial charge is 0.412 e. The Kier molecular flexibility index (Phi) is 3.57. The molecular formula is C14H20N2O2. The van der Waals surface area contributed by atoms with Crippen LogP contribution >= 0.6 is 0 Å². The van der Waals surface area contributed by atoms with E-state index in [2.05, 4.69) is 16.7 Å². The van der Waals surface area contributed by atoms with Crippen LogP contribution < -0.4 is 10.6 Å². The number of carbonyl (C=O) groups excluding carboxylic acids is 1. The molecule has 1 atom stereocenters. The van der Waals surface area contributed by atoms with Crippen molar-refractivity contribution in [2.75, 3.05) is 11.9 Å². The summed E-state index contributed by atoms with van der Waals surface area (Å²) in [6.07, 6.45) is 0.733. The lowest BCUT2D eigenvalue weighted by Gasteiger charge is -2.28. The molecule has 0 radical (unpaired) electrons. The van der Waals surface area contributed by atoms with Gasteiger partial charge in [-0.25, -0.2) is 4.79 Å². The van der Waals surface area contributed by atoms with E-state index in [-0.39, 0.29) is 0 Å². The first-order chi connectivity index (χ1) is 8.44. The molecular weight excluding hydrogens is 228 g/mol. The Morgan fingerprint density at radius 2 is 2.17 bits per heavy atom. The third-order valence-corrected chi connectivity index (χ3v) is 2.76. The van der Waals surface area contributed by atoms with Gasteiger partial charge in [-0.1, -0.05) is 12.1 Å². The Morgan fingerprint density at radius 1 is 1.44 bits per heavy atom. The topological polar surface area (TPSA) is 50.4 Å². The first kappa shape index (κ1) is 12.9. The van der Waals surface area contributed by atoms with Gasteiger partial charge in [-0.15, -0.1) is 0 Å². The van der Waals surface area contributed by atoms with E-state index in [9.17, 15) is 4.79 Å². The van der Waals surface area contributed by atoms with Gasteiger partial charge in [0.05, 0.1) is 0 Å². The molecule has 1 aromatic carbocycles. The van der Waals surface area contributed by atoms with Crippen LogP contribution in [0.1, 0.15) is 38.8 Å². The number of amides is 1. The van der Waals surface area contributed by atoms with Crippen molar-refractivity contribution in [1.29, 1.82) is 0 Å². The maximum Gasteiger partial charge on any atom is 0.412 e. The number of rotatable bonds is 2. The second-order valence-electron chi connectivity index (χ2n) is 5.55. The lowest BCUT2D eigenvalue weighted by atomic mass is 9.98. The van der Waals surface area contributed by atoms with Crippen molar-refractivity contribution in [3.05, 3.63) is 29.8 Å². The molecule has 0 bridgehead atoms. The van der Waals surface area contributed by atoms with Crippen molar-refractivity contribution in [1.82, 2.24) is 5.32 Å². The average molecular weight is 248 g/mol. The Bertz CT molecular complexity index is 434. The molecule has 2 N–H and O–H groups in total. The largest absolute Gasteiger partial charge is 0.444 e. The molecule has 1 unspecified atom stereocenters. The summed E-state index contributed by atoms with van der Waals surface area (Å²) in [7, 11) is 0. The lowest BCUT2D eigenvalue weighted by Crippen LogP contribution is -2.35. The van der Waals surface area contributed by atoms with Gasteiger partial charge in [0.1, 0.15) is 5.60 Å². The highest BCUT2D eigenvalue weighted by atomic mass is 16.6. The predicted octanol–water partition coefficient (Wildman–Crippen LogP) is 3.07. The van der Waals surface area contributed by atoms with Crippen LogP contribution in [-0.4, -0.2) is 18.2 Å². The van der Waals surface area contributed by atoms with Gasteiger partial charge in [-0.05, 0) is 51.4 Å². The number of ether oxygens (including phenoxy) is 1. The van der Waals surface area contributed by atoms with Crippen LogP contribution in [0.25, 0.3) is 0 Å². The van der Waals surface area contributed by atoms with Crippen LogP contribution in [0.2, 0.25) is 0 Å². The number of benzene rings is 1.